The van der Waals surface area contributed by atoms with Gasteiger partial charge in [0.15, 0.2) is 0 Å². The molecule has 23 heavy (non-hydrogen) atoms. The molecule has 0 bridgehead atoms. The maximum absolute atomic E-state index is 2.34. The van der Waals surface area contributed by atoms with Gasteiger partial charge in [-0.3, -0.25) is 0 Å². The topological polar surface area (TPSA) is 0 Å². The molecule has 112 valence electrons. The fourth-order valence-corrected chi connectivity index (χ4v) is 3.43. The van der Waals surface area contributed by atoms with Crippen molar-refractivity contribution in [3.8, 4) is 0 Å². The minimum absolute atomic E-state index is 0.505. The van der Waals surface area contributed by atoms with E-state index in [0.717, 1.165) is 6.42 Å². The summed E-state index contributed by atoms with van der Waals surface area (Å²) in [7, 11) is 0. The van der Waals surface area contributed by atoms with Crippen LogP contribution in [0.15, 0.2) is 84.9 Å². The molecule has 1 atom stereocenters. The Balaban J connectivity index is 1.69. The molecule has 0 heteroatoms. The van der Waals surface area contributed by atoms with E-state index in [1.54, 1.807) is 0 Å². The Morgan fingerprint density at radius 1 is 0.652 bits per heavy atom. The van der Waals surface area contributed by atoms with Crippen LogP contribution < -0.4 is 0 Å². The van der Waals surface area contributed by atoms with Crippen LogP contribution in [0.3, 0.4) is 0 Å². The van der Waals surface area contributed by atoms with E-state index in [1.807, 2.05) is 0 Å². The fourth-order valence-electron chi connectivity index (χ4n) is 3.43. The average Bonchev–Trinajstić information content (AvgIpc) is 2.61. The third-order valence-corrected chi connectivity index (χ3v) is 4.75. The van der Waals surface area contributed by atoms with Gasteiger partial charge in [-0.2, -0.15) is 0 Å². The van der Waals surface area contributed by atoms with Crippen molar-refractivity contribution in [3.63, 3.8) is 0 Å². The molecule has 0 heterocycles. The smallest absolute Gasteiger partial charge is 0.0149 e. The Morgan fingerprint density at radius 3 is 2.22 bits per heavy atom. The lowest BCUT2D eigenvalue weighted by Crippen LogP contribution is -1.99. The van der Waals surface area contributed by atoms with E-state index in [4.69, 9.17) is 0 Å². The van der Waals surface area contributed by atoms with Crippen LogP contribution in [-0.4, -0.2) is 0 Å². The molecular weight excluding hydrogens is 276 g/mol. The van der Waals surface area contributed by atoms with Crippen molar-refractivity contribution in [1.82, 2.24) is 0 Å². The highest BCUT2D eigenvalue weighted by atomic mass is 14.1. The van der Waals surface area contributed by atoms with Crippen LogP contribution in [0, 0.1) is 0 Å². The first-order valence-electron chi connectivity index (χ1n) is 8.26. The molecule has 0 radical (unpaired) electrons. The van der Waals surface area contributed by atoms with Crippen molar-refractivity contribution in [1.29, 1.82) is 0 Å². The Bertz CT molecular complexity index is 960. The fraction of sp³-hybridized carbons (Fsp3) is 0.130. The van der Waals surface area contributed by atoms with E-state index in [2.05, 4.69) is 91.9 Å². The first-order valence-corrected chi connectivity index (χ1v) is 8.26. The molecule has 0 N–H and O–H groups in total. The highest BCUT2D eigenvalue weighted by Crippen LogP contribution is 2.27. The van der Waals surface area contributed by atoms with Crippen LogP contribution in [0.2, 0.25) is 0 Å². The van der Waals surface area contributed by atoms with Crippen molar-refractivity contribution in [2.45, 2.75) is 19.3 Å². The zero-order valence-electron chi connectivity index (χ0n) is 13.4. The average molecular weight is 296 g/mol. The van der Waals surface area contributed by atoms with Gasteiger partial charge in [-0.15, -0.1) is 0 Å². The summed E-state index contributed by atoms with van der Waals surface area (Å²) in [4.78, 5) is 0. The molecule has 0 amide bonds. The predicted molar refractivity (Wildman–Crippen MR) is 100 cm³/mol. The molecule has 0 nitrogen and oxygen atoms in total. The van der Waals surface area contributed by atoms with Crippen molar-refractivity contribution < 1.29 is 0 Å². The third-order valence-electron chi connectivity index (χ3n) is 4.75. The summed E-state index contributed by atoms with van der Waals surface area (Å²) in [6, 6.07) is 30.7. The van der Waals surface area contributed by atoms with Crippen LogP contribution in [0.1, 0.15) is 24.0 Å². The third kappa shape index (κ3) is 2.73. The van der Waals surface area contributed by atoms with Crippen molar-refractivity contribution in [2.75, 3.05) is 0 Å². The first-order chi connectivity index (χ1) is 11.3. The second-order valence-electron chi connectivity index (χ2n) is 6.35. The van der Waals surface area contributed by atoms with E-state index in [9.17, 15) is 0 Å². The van der Waals surface area contributed by atoms with Crippen LogP contribution in [0.4, 0.5) is 0 Å². The molecule has 4 aromatic rings. The van der Waals surface area contributed by atoms with Gasteiger partial charge in [0.05, 0.1) is 0 Å². The lowest BCUT2D eigenvalue weighted by Gasteiger charge is -2.15. The number of hydrogen-bond donors (Lipinski definition) is 0. The summed E-state index contributed by atoms with van der Waals surface area (Å²) >= 11 is 0. The van der Waals surface area contributed by atoms with Crippen molar-refractivity contribution in [3.05, 3.63) is 96.1 Å². The van der Waals surface area contributed by atoms with Gasteiger partial charge >= 0.3 is 0 Å². The normalized spacial score (nSPS) is 12.6. The van der Waals surface area contributed by atoms with Gasteiger partial charge < -0.3 is 0 Å². The van der Waals surface area contributed by atoms with Crippen LogP contribution in [-0.2, 0) is 6.42 Å². The first kappa shape index (κ1) is 14.0. The van der Waals surface area contributed by atoms with Gasteiger partial charge in [-0.25, -0.2) is 0 Å². The van der Waals surface area contributed by atoms with E-state index < -0.39 is 0 Å². The summed E-state index contributed by atoms with van der Waals surface area (Å²) in [6.07, 6.45) is 1.07. The lowest BCUT2D eigenvalue weighted by molar-refractivity contribution is 0.764. The van der Waals surface area contributed by atoms with E-state index in [0.29, 0.717) is 5.92 Å². The van der Waals surface area contributed by atoms with Crippen LogP contribution in [0.5, 0.6) is 0 Å². The molecule has 4 aromatic carbocycles. The summed E-state index contributed by atoms with van der Waals surface area (Å²) in [5.74, 6) is 0.505. The lowest BCUT2D eigenvalue weighted by atomic mass is 9.90. The van der Waals surface area contributed by atoms with Gasteiger partial charge in [0.1, 0.15) is 0 Å². The number of benzene rings is 4. The number of hydrogen-bond acceptors (Lipinski definition) is 0. The summed E-state index contributed by atoms with van der Waals surface area (Å²) in [5, 5.41) is 5.35. The minimum atomic E-state index is 0.505. The van der Waals surface area contributed by atoms with Gasteiger partial charge in [0.2, 0.25) is 0 Å². The van der Waals surface area contributed by atoms with E-state index >= 15 is 0 Å². The maximum Gasteiger partial charge on any atom is -0.0149 e. The van der Waals surface area contributed by atoms with Gasteiger partial charge in [0.25, 0.3) is 0 Å². The molecule has 0 aliphatic carbocycles. The number of fused-ring (bicyclic) bond motifs is 2. The van der Waals surface area contributed by atoms with E-state index in [-0.39, 0.29) is 0 Å². The second kappa shape index (κ2) is 5.89. The predicted octanol–water partition coefficient (Wildman–Crippen LogP) is 6.34. The quantitative estimate of drug-likeness (QED) is 0.414. The monoisotopic (exact) mass is 296 g/mol. The Hall–Kier alpha value is -2.60. The Kier molecular flexibility index (Phi) is 3.59. The van der Waals surface area contributed by atoms with Crippen LogP contribution in [0.25, 0.3) is 21.5 Å². The zero-order chi connectivity index (χ0) is 15.6. The highest BCUT2D eigenvalue weighted by Gasteiger charge is 2.09. The Morgan fingerprint density at radius 2 is 1.35 bits per heavy atom. The van der Waals surface area contributed by atoms with E-state index in [1.165, 1.54) is 32.7 Å². The molecule has 1 unspecified atom stereocenters. The number of rotatable bonds is 3. The van der Waals surface area contributed by atoms with Gasteiger partial charge in [-0.05, 0) is 45.0 Å². The summed E-state index contributed by atoms with van der Waals surface area (Å²) in [5.41, 5.74) is 2.85. The molecule has 0 saturated carbocycles. The molecular formula is C23H20. The van der Waals surface area contributed by atoms with Crippen LogP contribution >= 0.6 is 0 Å². The minimum Gasteiger partial charge on any atom is -0.0616 e. The van der Waals surface area contributed by atoms with Crippen molar-refractivity contribution >= 4 is 21.5 Å². The van der Waals surface area contributed by atoms with Gasteiger partial charge in [-0.1, -0.05) is 91.9 Å². The van der Waals surface area contributed by atoms with Gasteiger partial charge in [0, 0.05) is 0 Å². The molecule has 0 aromatic heterocycles. The molecule has 4 rings (SSSR count). The molecule has 0 fully saturated rings. The highest BCUT2D eigenvalue weighted by molar-refractivity contribution is 5.86. The summed E-state index contributed by atoms with van der Waals surface area (Å²) in [6.45, 7) is 2.33. The Labute approximate surface area is 137 Å². The standard InChI is InChI=1S/C23H20/c1-17(20-14-13-18-7-2-3-9-21(18)16-20)15-22-11-6-10-19-8-4-5-12-23(19)22/h2-14,16-17H,15H2,1H3. The second-order valence-corrected chi connectivity index (χ2v) is 6.35. The SMILES string of the molecule is CC(Cc1cccc2ccccc12)c1ccc2ccccc2c1. The molecule has 0 saturated heterocycles. The molecule has 0 aliphatic rings. The largest absolute Gasteiger partial charge is 0.0616 e. The molecule has 0 spiro atoms. The summed E-state index contributed by atoms with van der Waals surface area (Å²) < 4.78 is 0. The zero-order valence-corrected chi connectivity index (χ0v) is 13.4. The maximum atomic E-state index is 2.34. The van der Waals surface area contributed by atoms with Crippen molar-refractivity contribution in [2.24, 2.45) is 0 Å². The molecule has 0 aliphatic heterocycles.